The standard InChI is InChI=1S/C16H19N3O3S/c1-12-3-4-15(18-6-5-17-11-18)14(9-12)16(20)19-7-8-23(21,22)10-13(19)2/h3-6,9,11,13H,7-8,10H2,1-2H3. The Bertz CT molecular complexity index is 828. The molecule has 3 rings (SSSR count). The molecule has 1 fully saturated rings. The van der Waals surface area contributed by atoms with Crippen LogP contribution in [0.25, 0.3) is 5.69 Å². The van der Waals surface area contributed by atoms with Crippen LogP contribution < -0.4 is 0 Å². The van der Waals surface area contributed by atoms with Crippen LogP contribution in [0.4, 0.5) is 0 Å². The maximum Gasteiger partial charge on any atom is 0.256 e. The smallest absolute Gasteiger partial charge is 0.256 e. The first kappa shape index (κ1) is 15.7. The molecule has 1 saturated heterocycles. The van der Waals surface area contributed by atoms with E-state index in [0.717, 1.165) is 11.3 Å². The van der Waals surface area contributed by atoms with Gasteiger partial charge in [-0.1, -0.05) is 11.6 Å². The first-order valence-corrected chi connectivity index (χ1v) is 9.30. The lowest BCUT2D eigenvalue weighted by Gasteiger charge is -2.33. The van der Waals surface area contributed by atoms with Crippen LogP contribution in [0.5, 0.6) is 0 Å². The lowest BCUT2D eigenvalue weighted by molar-refractivity contribution is 0.0712. The van der Waals surface area contributed by atoms with Crippen molar-refractivity contribution >= 4 is 15.7 Å². The average Bonchev–Trinajstić information content (AvgIpc) is 2.99. The normalized spacial score (nSPS) is 20.4. The van der Waals surface area contributed by atoms with E-state index in [4.69, 9.17) is 0 Å². The fraction of sp³-hybridized carbons (Fsp3) is 0.375. The molecular formula is C16H19N3O3S. The zero-order chi connectivity index (χ0) is 16.6. The molecule has 1 unspecified atom stereocenters. The van der Waals surface area contributed by atoms with Crippen LogP contribution in [0.2, 0.25) is 0 Å². The number of aromatic nitrogens is 2. The highest BCUT2D eigenvalue weighted by molar-refractivity contribution is 7.91. The molecule has 2 heterocycles. The Morgan fingerprint density at radius 1 is 1.35 bits per heavy atom. The van der Waals surface area contributed by atoms with E-state index in [9.17, 15) is 13.2 Å². The first-order valence-electron chi connectivity index (χ1n) is 7.48. The van der Waals surface area contributed by atoms with Gasteiger partial charge in [0.1, 0.15) is 0 Å². The second-order valence-electron chi connectivity index (χ2n) is 5.95. The van der Waals surface area contributed by atoms with Gasteiger partial charge < -0.3 is 9.47 Å². The predicted octanol–water partition coefficient (Wildman–Crippen LogP) is 1.44. The number of rotatable bonds is 2. The Hall–Kier alpha value is -2.15. The van der Waals surface area contributed by atoms with Crippen LogP contribution >= 0.6 is 0 Å². The molecule has 2 aromatic rings. The molecule has 0 aliphatic carbocycles. The van der Waals surface area contributed by atoms with Crippen molar-refractivity contribution < 1.29 is 13.2 Å². The van der Waals surface area contributed by atoms with Crippen molar-refractivity contribution in [2.75, 3.05) is 18.1 Å². The van der Waals surface area contributed by atoms with Gasteiger partial charge in [-0.2, -0.15) is 0 Å². The minimum Gasteiger partial charge on any atom is -0.334 e. The third-order valence-corrected chi connectivity index (χ3v) is 5.89. The van der Waals surface area contributed by atoms with Gasteiger partial charge in [-0.15, -0.1) is 0 Å². The quantitative estimate of drug-likeness (QED) is 0.834. The van der Waals surface area contributed by atoms with Crippen LogP contribution in [0.15, 0.2) is 36.9 Å². The van der Waals surface area contributed by atoms with E-state index in [2.05, 4.69) is 4.98 Å². The monoisotopic (exact) mass is 333 g/mol. The summed E-state index contributed by atoms with van der Waals surface area (Å²) in [5, 5.41) is 0. The number of aryl methyl sites for hydroxylation is 1. The number of nitrogens with zero attached hydrogens (tertiary/aromatic N) is 3. The molecule has 1 aromatic carbocycles. The predicted molar refractivity (Wildman–Crippen MR) is 87.5 cm³/mol. The third-order valence-electron chi connectivity index (χ3n) is 4.10. The Morgan fingerprint density at radius 3 is 2.78 bits per heavy atom. The van der Waals surface area contributed by atoms with Crippen molar-refractivity contribution in [3.05, 3.63) is 48.0 Å². The van der Waals surface area contributed by atoms with Crippen molar-refractivity contribution in [1.29, 1.82) is 0 Å². The maximum atomic E-state index is 13.0. The highest BCUT2D eigenvalue weighted by atomic mass is 32.2. The molecule has 122 valence electrons. The fourth-order valence-electron chi connectivity index (χ4n) is 2.90. The van der Waals surface area contributed by atoms with Crippen LogP contribution in [-0.2, 0) is 9.84 Å². The molecule has 7 heteroatoms. The van der Waals surface area contributed by atoms with Gasteiger partial charge in [0.25, 0.3) is 5.91 Å². The summed E-state index contributed by atoms with van der Waals surface area (Å²) in [4.78, 5) is 18.7. The lowest BCUT2D eigenvalue weighted by Crippen LogP contribution is -2.49. The Balaban J connectivity index is 1.98. The highest BCUT2D eigenvalue weighted by Gasteiger charge is 2.32. The van der Waals surface area contributed by atoms with Crippen molar-refractivity contribution in [2.24, 2.45) is 0 Å². The number of sulfone groups is 1. The van der Waals surface area contributed by atoms with Gasteiger partial charge in [0, 0.05) is 25.0 Å². The largest absolute Gasteiger partial charge is 0.334 e. The summed E-state index contributed by atoms with van der Waals surface area (Å²) in [6, 6.07) is 5.34. The number of carbonyl (C=O) groups excluding carboxylic acids is 1. The maximum absolute atomic E-state index is 13.0. The van der Waals surface area contributed by atoms with Gasteiger partial charge in [-0.05, 0) is 26.0 Å². The zero-order valence-electron chi connectivity index (χ0n) is 13.1. The first-order chi connectivity index (χ1) is 10.9. The second kappa shape index (κ2) is 5.81. The number of hydrogen-bond acceptors (Lipinski definition) is 4. The van der Waals surface area contributed by atoms with Crippen LogP contribution in [0.3, 0.4) is 0 Å². The van der Waals surface area contributed by atoms with E-state index in [0.29, 0.717) is 5.56 Å². The Labute approximate surface area is 135 Å². The van der Waals surface area contributed by atoms with Gasteiger partial charge in [0.2, 0.25) is 0 Å². The summed E-state index contributed by atoms with van der Waals surface area (Å²) in [5.74, 6) is -0.0971. The molecule has 1 atom stereocenters. The molecule has 0 radical (unpaired) electrons. The van der Waals surface area contributed by atoms with Gasteiger partial charge >= 0.3 is 0 Å². The molecule has 1 aromatic heterocycles. The van der Waals surface area contributed by atoms with Gasteiger partial charge in [0.05, 0.1) is 29.1 Å². The van der Waals surface area contributed by atoms with E-state index in [1.165, 1.54) is 0 Å². The molecule has 0 saturated carbocycles. The Morgan fingerprint density at radius 2 is 2.13 bits per heavy atom. The van der Waals surface area contributed by atoms with Crippen molar-refractivity contribution in [3.8, 4) is 5.69 Å². The molecule has 6 nitrogen and oxygen atoms in total. The van der Waals surface area contributed by atoms with Crippen molar-refractivity contribution in [3.63, 3.8) is 0 Å². The lowest BCUT2D eigenvalue weighted by atomic mass is 10.1. The minimum absolute atomic E-state index is 0.0188. The van der Waals surface area contributed by atoms with Crippen LogP contribution in [0, 0.1) is 6.92 Å². The number of hydrogen-bond donors (Lipinski definition) is 0. The summed E-state index contributed by atoms with van der Waals surface area (Å²) >= 11 is 0. The summed E-state index contributed by atoms with van der Waals surface area (Å²) in [6.45, 7) is 3.94. The highest BCUT2D eigenvalue weighted by Crippen LogP contribution is 2.21. The third kappa shape index (κ3) is 3.14. The fourth-order valence-corrected chi connectivity index (χ4v) is 4.46. The number of benzene rings is 1. The number of carbonyl (C=O) groups is 1. The van der Waals surface area contributed by atoms with E-state index >= 15 is 0 Å². The summed E-state index contributed by atoms with van der Waals surface area (Å²) in [5.41, 5.74) is 2.29. The van der Waals surface area contributed by atoms with E-state index in [1.54, 1.807) is 35.1 Å². The Kier molecular flexibility index (Phi) is 3.97. The SMILES string of the molecule is Cc1ccc(-n2ccnc2)c(C(=O)N2CCS(=O)(=O)CC2C)c1. The average molecular weight is 333 g/mol. The van der Waals surface area contributed by atoms with Gasteiger partial charge in [-0.25, -0.2) is 13.4 Å². The van der Waals surface area contributed by atoms with Gasteiger partial charge in [0.15, 0.2) is 9.84 Å². The molecule has 23 heavy (non-hydrogen) atoms. The van der Waals surface area contributed by atoms with E-state index in [-0.39, 0.29) is 30.0 Å². The zero-order valence-corrected chi connectivity index (χ0v) is 14.0. The van der Waals surface area contributed by atoms with E-state index < -0.39 is 9.84 Å². The summed E-state index contributed by atoms with van der Waals surface area (Å²) in [6.07, 6.45) is 5.08. The van der Waals surface area contributed by atoms with Crippen molar-refractivity contribution in [2.45, 2.75) is 19.9 Å². The number of amides is 1. The van der Waals surface area contributed by atoms with Crippen molar-refractivity contribution in [1.82, 2.24) is 14.5 Å². The second-order valence-corrected chi connectivity index (χ2v) is 8.18. The molecule has 1 aliphatic rings. The number of imidazole rings is 1. The topological polar surface area (TPSA) is 72.3 Å². The van der Waals surface area contributed by atoms with Gasteiger partial charge in [-0.3, -0.25) is 4.79 Å². The molecule has 0 N–H and O–H groups in total. The molecule has 0 bridgehead atoms. The van der Waals surface area contributed by atoms with E-state index in [1.807, 2.05) is 25.1 Å². The minimum atomic E-state index is -3.05. The molecule has 1 aliphatic heterocycles. The molecular weight excluding hydrogens is 314 g/mol. The van der Waals surface area contributed by atoms with Crippen LogP contribution in [-0.4, -0.2) is 52.9 Å². The summed E-state index contributed by atoms with van der Waals surface area (Å²) < 4.78 is 25.2. The molecule has 0 spiro atoms. The van der Waals surface area contributed by atoms with Crippen LogP contribution in [0.1, 0.15) is 22.8 Å². The summed E-state index contributed by atoms with van der Waals surface area (Å²) in [7, 11) is -3.05. The molecule has 1 amide bonds.